The molecule has 1 aromatic heterocycles. The molecule has 0 bridgehead atoms. The number of pyridine rings is 1. The van der Waals surface area contributed by atoms with Gasteiger partial charge in [-0.2, -0.15) is 4.31 Å². The average molecular weight is 303 g/mol. The lowest BCUT2D eigenvalue weighted by Gasteiger charge is -2.31. The number of sulfonamides is 1. The zero-order chi connectivity index (χ0) is 13.9. The van der Waals surface area contributed by atoms with Crippen LogP contribution in [0.3, 0.4) is 0 Å². The maximum absolute atomic E-state index is 12.5. The Balaban J connectivity index is 2.12. The number of halogens is 1. The van der Waals surface area contributed by atoms with Gasteiger partial charge in [-0.3, -0.25) is 0 Å². The average Bonchev–Trinajstić information content (AvgIpc) is 2.40. The van der Waals surface area contributed by atoms with Gasteiger partial charge in [-0.05, 0) is 30.9 Å². The topological polar surface area (TPSA) is 50.3 Å². The van der Waals surface area contributed by atoms with Crippen LogP contribution in [0.25, 0.3) is 0 Å². The van der Waals surface area contributed by atoms with Crippen molar-refractivity contribution < 1.29 is 8.42 Å². The standard InChI is InChI=1S/C13H19ClN2O2S/c1-2-4-11-6-9-16(10-7-11)19(17,18)12-5-3-8-15-13(12)14/h3,5,8,11H,2,4,6-7,9-10H2,1H3. The molecule has 2 heterocycles. The summed E-state index contributed by atoms with van der Waals surface area (Å²) >= 11 is 5.89. The lowest BCUT2D eigenvalue weighted by Crippen LogP contribution is -2.38. The first kappa shape index (κ1) is 14.8. The van der Waals surface area contributed by atoms with Crippen LogP contribution in [0.15, 0.2) is 23.2 Å². The van der Waals surface area contributed by atoms with Gasteiger partial charge < -0.3 is 0 Å². The highest BCUT2D eigenvalue weighted by atomic mass is 35.5. The monoisotopic (exact) mass is 302 g/mol. The molecule has 1 aliphatic heterocycles. The van der Waals surface area contributed by atoms with Crippen LogP contribution in [0.4, 0.5) is 0 Å². The third-order valence-electron chi connectivity index (χ3n) is 3.61. The van der Waals surface area contributed by atoms with Gasteiger partial charge in [0, 0.05) is 19.3 Å². The van der Waals surface area contributed by atoms with Crippen molar-refractivity contribution in [2.75, 3.05) is 13.1 Å². The minimum absolute atomic E-state index is 0.0539. The summed E-state index contributed by atoms with van der Waals surface area (Å²) in [7, 11) is -3.49. The maximum Gasteiger partial charge on any atom is 0.246 e. The Labute approximate surface area is 119 Å². The normalized spacial score (nSPS) is 18.6. The summed E-state index contributed by atoms with van der Waals surface area (Å²) < 4.78 is 26.5. The minimum atomic E-state index is -3.49. The van der Waals surface area contributed by atoms with Gasteiger partial charge in [-0.1, -0.05) is 31.4 Å². The fraction of sp³-hybridized carbons (Fsp3) is 0.615. The van der Waals surface area contributed by atoms with Crippen LogP contribution in [-0.2, 0) is 10.0 Å². The second kappa shape index (κ2) is 6.20. The van der Waals surface area contributed by atoms with E-state index in [1.54, 1.807) is 6.07 Å². The summed E-state index contributed by atoms with van der Waals surface area (Å²) in [4.78, 5) is 3.96. The molecule has 0 amide bonds. The van der Waals surface area contributed by atoms with Crippen molar-refractivity contribution in [2.24, 2.45) is 5.92 Å². The molecular weight excluding hydrogens is 284 g/mol. The largest absolute Gasteiger partial charge is 0.246 e. The molecule has 1 saturated heterocycles. The van der Waals surface area contributed by atoms with Crippen LogP contribution in [0.2, 0.25) is 5.15 Å². The first-order valence-corrected chi connectivity index (χ1v) is 8.48. The second-order valence-electron chi connectivity index (χ2n) is 4.93. The van der Waals surface area contributed by atoms with Gasteiger partial charge in [0.05, 0.1) is 0 Å². The summed E-state index contributed by atoms with van der Waals surface area (Å²) in [6, 6.07) is 3.12. The van der Waals surface area contributed by atoms with Crippen molar-refractivity contribution in [2.45, 2.75) is 37.5 Å². The van der Waals surface area contributed by atoms with Crippen LogP contribution in [0.1, 0.15) is 32.6 Å². The van der Waals surface area contributed by atoms with E-state index in [0.29, 0.717) is 19.0 Å². The quantitative estimate of drug-likeness (QED) is 0.804. The summed E-state index contributed by atoms with van der Waals surface area (Å²) in [5, 5.41) is 0.0539. The summed E-state index contributed by atoms with van der Waals surface area (Å²) in [6.45, 7) is 3.33. The van der Waals surface area contributed by atoms with Gasteiger partial charge in [0.25, 0.3) is 0 Å². The number of aromatic nitrogens is 1. The fourth-order valence-electron chi connectivity index (χ4n) is 2.55. The molecule has 0 atom stereocenters. The first-order chi connectivity index (χ1) is 9.05. The molecule has 106 valence electrons. The van der Waals surface area contributed by atoms with E-state index in [2.05, 4.69) is 11.9 Å². The zero-order valence-corrected chi connectivity index (χ0v) is 12.6. The molecule has 0 aromatic carbocycles. The van der Waals surface area contributed by atoms with Crippen molar-refractivity contribution in [3.63, 3.8) is 0 Å². The van der Waals surface area contributed by atoms with Gasteiger partial charge >= 0.3 is 0 Å². The highest BCUT2D eigenvalue weighted by Gasteiger charge is 2.30. The van der Waals surface area contributed by atoms with Gasteiger partial charge in [0.15, 0.2) is 0 Å². The number of rotatable bonds is 4. The van der Waals surface area contributed by atoms with Crippen LogP contribution < -0.4 is 0 Å². The molecule has 0 unspecified atom stereocenters. The Kier molecular flexibility index (Phi) is 4.81. The van der Waals surface area contributed by atoms with E-state index in [-0.39, 0.29) is 10.0 Å². The zero-order valence-electron chi connectivity index (χ0n) is 11.0. The van der Waals surface area contributed by atoms with Crippen molar-refractivity contribution in [3.8, 4) is 0 Å². The fourth-order valence-corrected chi connectivity index (χ4v) is 4.45. The summed E-state index contributed by atoms with van der Waals surface area (Å²) in [5.41, 5.74) is 0. The molecule has 6 heteroatoms. The Bertz CT molecular complexity index is 525. The first-order valence-electron chi connectivity index (χ1n) is 6.66. The number of nitrogens with zero attached hydrogens (tertiary/aromatic N) is 2. The molecule has 1 aromatic rings. The summed E-state index contributed by atoms with van der Waals surface area (Å²) in [5.74, 6) is 0.654. The van der Waals surface area contributed by atoms with Crippen LogP contribution >= 0.6 is 11.6 Å². The highest BCUT2D eigenvalue weighted by molar-refractivity contribution is 7.89. The van der Waals surface area contributed by atoms with E-state index in [0.717, 1.165) is 19.3 Å². The van der Waals surface area contributed by atoms with E-state index in [4.69, 9.17) is 11.6 Å². The molecule has 2 rings (SSSR count). The van der Waals surface area contributed by atoms with Crippen LogP contribution in [0, 0.1) is 5.92 Å². The molecule has 0 aliphatic carbocycles. The number of hydrogen-bond donors (Lipinski definition) is 0. The van der Waals surface area contributed by atoms with E-state index in [1.165, 1.54) is 23.0 Å². The molecule has 0 spiro atoms. The van der Waals surface area contributed by atoms with E-state index in [1.807, 2.05) is 0 Å². The van der Waals surface area contributed by atoms with Gasteiger partial charge in [0.2, 0.25) is 10.0 Å². The Morgan fingerprint density at radius 2 is 2.11 bits per heavy atom. The third-order valence-corrected chi connectivity index (χ3v) is 5.96. The molecule has 19 heavy (non-hydrogen) atoms. The minimum Gasteiger partial charge on any atom is -0.243 e. The Hall–Kier alpha value is -0.650. The van der Waals surface area contributed by atoms with E-state index in [9.17, 15) is 8.42 Å². The third kappa shape index (κ3) is 3.27. The van der Waals surface area contributed by atoms with Gasteiger partial charge in [-0.25, -0.2) is 13.4 Å². The Morgan fingerprint density at radius 3 is 2.68 bits per heavy atom. The predicted octanol–water partition coefficient (Wildman–Crippen LogP) is 2.94. The SMILES string of the molecule is CCCC1CCN(S(=O)(=O)c2cccnc2Cl)CC1. The summed E-state index contributed by atoms with van der Waals surface area (Å²) in [6.07, 6.45) is 5.71. The van der Waals surface area contributed by atoms with Crippen LogP contribution in [0.5, 0.6) is 0 Å². The van der Waals surface area contributed by atoms with Crippen molar-refractivity contribution in [1.82, 2.24) is 9.29 Å². The van der Waals surface area contributed by atoms with Gasteiger partial charge in [0.1, 0.15) is 10.0 Å². The molecule has 4 nitrogen and oxygen atoms in total. The highest BCUT2D eigenvalue weighted by Crippen LogP contribution is 2.28. The second-order valence-corrected chi connectivity index (χ2v) is 7.19. The van der Waals surface area contributed by atoms with Gasteiger partial charge in [-0.15, -0.1) is 0 Å². The molecule has 0 N–H and O–H groups in total. The lowest BCUT2D eigenvalue weighted by molar-refractivity contribution is 0.262. The predicted molar refractivity (Wildman–Crippen MR) is 75.6 cm³/mol. The number of hydrogen-bond acceptors (Lipinski definition) is 3. The maximum atomic E-state index is 12.5. The van der Waals surface area contributed by atoms with E-state index >= 15 is 0 Å². The van der Waals surface area contributed by atoms with E-state index < -0.39 is 10.0 Å². The smallest absolute Gasteiger partial charge is 0.243 e. The van der Waals surface area contributed by atoms with Crippen molar-refractivity contribution >= 4 is 21.6 Å². The molecule has 0 saturated carbocycles. The van der Waals surface area contributed by atoms with Crippen molar-refractivity contribution in [1.29, 1.82) is 0 Å². The molecular formula is C13H19ClN2O2S. The molecule has 1 fully saturated rings. The molecule has 1 aliphatic rings. The molecule has 0 radical (unpaired) electrons. The lowest BCUT2D eigenvalue weighted by atomic mass is 9.94. The Morgan fingerprint density at radius 1 is 1.42 bits per heavy atom. The number of piperidine rings is 1. The van der Waals surface area contributed by atoms with Crippen LogP contribution in [-0.4, -0.2) is 30.8 Å². The van der Waals surface area contributed by atoms with Crippen molar-refractivity contribution in [3.05, 3.63) is 23.5 Å².